The van der Waals surface area contributed by atoms with Crippen molar-refractivity contribution >= 4 is 29.3 Å². The lowest BCUT2D eigenvalue weighted by Crippen LogP contribution is -2.53. The average Bonchev–Trinajstić information content (AvgIpc) is 2.48. The van der Waals surface area contributed by atoms with Crippen LogP contribution in [0.3, 0.4) is 0 Å². The number of hydrogen-bond acceptors (Lipinski definition) is 4. The molecule has 2 amide bonds. The van der Waals surface area contributed by atoms with Crippen molar-refractivity contribution in [2.75, 3.05) is 18.5 Å². The van der Waals surface area contributed by atoms with Crippen LogP contribution in [0.5, 0.6) is 0 Å². The molecule has 1 aromatic carbocycles. The normalized spacial score (nSPS) is 28.0. The maximum absolute atomic E-state index is 12.6. The molecule has 3 unspecified atom stereocenters. The summed E-state index contributed by atoms with van der Waals surface area (Å²) in [4.78, 5) is 27.7. The quantitative estimate of drug-likeness (QED) is 0.907. The maximum Gasteiger partial charge on any atom is 0.238 e. The second-order valence-corrected chi connectivity index (χ2v) is 7.08. The molecule has 0 bridgehead atoms. The van der Waals surface area contributed by atoms with Gasteiger partial charge in [-0.3, -0.25) is 9.59 Å². The summed E-state index contributed by atoms with van der Waals surface area (Å²) < 4.78 is 5.45. The van der Waals surface area contributed by atoms with Gasteiger partial charge in [0.25, 0.3) is 0 Å². The van der Waals surface area contributed by atoms with Crippen molar-refractivity contribution in [3.05, 3.63) is 24.3 Å². The van der Waals surface area contributed by atoms with E-state index in [1.54, 1.807) is 0 Å². The molecule has 1 N–H and O–H groups in total. The molecule has 6 heteroatoms. The minimum Gasteiger partial charge on any atom is -0.377 e. The molecule has 1 fully saturated rings. The van der Waals surface area contributed by atoms with Crippen LogP contribution in [0.2, 0.25) is 0 Å². The van der Waals surface area contributed by atoms with Crippen LogP contribution in [0.4, 0.5) is 5.69 Å². The summed E-state index contributed by atoms with van der Waals surface area (Å²) in [6.45, 7) is 5.08. The molecule has 2 aliphatic heterocycles. The molecular weight excluding hydrogens is 300 g/mol. The summed E-state index contributed by atoms with van der Waals surface area (Å²) in [6.07, 6.45) is 0.222. The van der Waals surface area contributed by atoms with Gasteiger partial charge in [0.1, 0.15) is 0 Å². The summed E-state index contributed by atoms with van der Waals surface area (Å²) in [5.74, 6) is -0.0686. The Bertz CT molecular complexity index is 583. The van der Waals surface area contributed by atoms with E-state index >= 15 is 0 Å². The molecule has 2 heterocycles. The maximum atomic E-state index is 12.6. The summed E-state index contributed by atoms with van der Waals surface area (Å²) >= 11 is 1.47. The summed E-state index contributed by atoms with van der Waals surface area (Å²) in [5, 5.41) is 2.51. The highest BCUT2D eigenvalue weighted by Crippen LogP contribution is 2.37. The fraction of sp³-hybridized carbons (Fsp3) is 0.500. The van der Waals surface area contributed by atoms with Crippen molar-refractivity contribution in [2.24, 2.45) is 0 Å². The zero-order valence-electron chi connectivity index (χ0n) is 12.7. The smallest absolute Gasteiger partial charge is 0.238 e. The van der Waals surface area contributed by atoms with Crippen molar-refractivity contribution in [3.63, 3.8) is 0 Å². The van der Waals surface area contributed by atoms with Crippen LogP contribution < -0.4 is 5.32 Å². The number of para-hydroxylation sites is 1. The zero-order chi connectivity index (χ0) is 15.7. The third kappa shape index (κ3) is 2.98. The van der Waals surface area contributed by atoms with Crippen LogP contribution in [-0.2, 0) is 14.3 Å². The van der Waals surface area contributed by atoms with E-state index in [-0.39, 0.29) is 35.6 Å². The van der Waals surface area contributed by atoms with Crippen molar-refractivity contribution in [1.82, 2.24) is 4.90 Å². The topological polar surface area (TPSA) is 58.6 Å². The lowest BCUT2D eigenvalue weighted by Gasteiger charge is -2.39. The van der Waals surface area contributed by atoms with E-state index in [1.165, 1.54) is 11.8 Å². The Morgan fingerprint density at radius 1 is 1.32 bits per heavy atom. The van der Waals surface area contributed by atoms with Crippen LogP contribution in [0.15, 0.2) is 29.2 Å². The van der Waals surface area contributed by atoms with Crippen LogP contribution in [0.25, 0.3) is 0 Å². The molecule has 0 spiro atoms. The van der Waals surface area contributed by atoms with Crippen molar-refractivity contribution in [3.8, 4) is 0 Å². The van der Waals surface area contributed by atoms with E-state index in [2.05, 4.69) is 5.32 Å². The Morgan fingerprint density at radius 2 is 2.00 bits per heavy atom. The lowest BCUT2D eigenvalue weighted by atomic mass is 10.1. The number of nitrogens with zero attached hydrogens (tertiary/aromatic N) is 1. The van der Waals surface area contributed by atoms with Gasteiger partial charge in [-0.15, -0.1) is 11.8 Å². The molecule has 0 radical (unpaired) electrons. The van der Waals surface area contributed by atoms with Crippen LogP contribution in [-0.4, -0.2) is 47.3 Å². The molecule has 22 heavy (non-hydrogen) atoms. The number of rotatable bonds is 2. The first-order valence-electron chi connectivity index (χ1n) is 7.51. The number of nitrogens with one attached hydrogen (secondary N) is 1. The number of thioether (sulfide) groups is 1. The molecule has 5 nitrogen and oxygen atoms in total. The number of carbonyl (C=O) groups is 2. The molecule has 0 saturated carbocycles. The van der Waals surface area contributed by atoms with E-state index in [1.807, 2.05) is 43.0 Å². The number of anilines is 1. The number of hydrogen-bond donors (Lipinski definition) is 1. The number of carbonyl (C=O) groups excluding carboxylic acids is 2. The van der Waals surface area contributed by atoms with Crippen LogP contribution in [0, 0.1) is 0 Å². The highest BCUT2D eigenvalue weighted by molar-refractivity contribution is 8.01. The van der Waals surface area contributed by atoms with E-state index in [0.717, 1.165) is 10.6 Å². The third-order valence-corrected chi connectivity index (χ3v) is 5.30. The Labute approximate surface area is 134 Å². The molecule has 2 aliphatic rings. The molecule has 1 aromatic rings. The predicted octanol–water partition coefficient (Wildman–Crippen LogP) is 2.13. The molecule has 1 saturated heterocycles. The Morgan fingerprint density at radius 3 is 2.73 bits per heavy atom. The highest BCUT2D eigenvalue weighted by atomic mass is 32.2. The van der Waals surface area contributed by atoms with E-state index in [4.69, 9.17) is 4.74 Å². The predicted molar refractivity (Wildman–Crippen MR) is 85.9 cm³/mol. The molecule has 3 rings (SSSR count). The van der Waals surface area contributed by atoms with Gasteiger partial charge in [0, 0.05) is 11.3 Å². The van der Waals surface area contributed by atoms with Gasteiger partial charge in [0.05, 0.1) is 36.2 Å². The monoisotopic (exact) mass is 320 g/mol. The first-order chi connectivity index (χ1) is 10.6. The number of ether oxygens (including phenoxy) is 1. The highest BCUT2D eigenvalue weighted by Gasteiger charge is 2.34. The van der Waals surface area contributed by atoms with Gasteiger partial charge in [-0.25, -0.2) is 0 Å². The molecule has 3 atom stereocenters. The zero-order valence-corrected chi connectivity index (χ0v) is 13.6. The first-order valence-corrected chi connectivity index (χ1v) is 8.39. The summed E-state index contributed by atoms with van der Waals surface area (Å²) in [5.41, 5.74) is 0.828. The Hall–Kier alpha value is -1.53. The molecular formula is C16H20N2O3S. The SMILES string of the molecule is CC1COCC(C)N1C(=O)CC1Sc2ccccc2NC1=O. The van der Waals surface area contributed by atoms with Gasteiger partial charge in [-0.05, 0) is 26.0 Å². The van der Waals surface area contributed by atoms with Gasteiger partial charge in [-0.1, -0.05) is 12.1 Å². The summed E-state index contributed by atoms with van der Waals surface area (Å²) in [6, 6.07) is 7.79. The average molecular weight is 320 g/mol. The Balaban J connectivity index is 1.70. The van der Waals surface area contributed by atoms with Gasteiger partial charge >= 0.3 is 0 Å². The van der Waals surface area contributed by atoms with Crippen molar-refractivity contribution in [1.29, 1.82) is 0 Å². The third-order valence-electron chi connectivity index (χ3n) is 4.02. The minimum absolute atomic E-state index is 0.0235. The fourth-order valence-electron chi connectivity index (χ4n) is 2.99. The van der Waals surface area contributed by atoms with Gasteiger partial charge in [-0.2, -0.15) is 0 Å². The molecule has 118 valence electrons. The van der Waals surface area contributed by atoms with Crippen molar-refractivity contribution in [2.45, 2.75) is 42.5 Å². The second kappa shape index (κ2) is 6.30. The number of amides is 2. The van der Waals surface area contributed by atoms with Crippen LogP contribution >= 0.6 is 11.8 Å². The van der Waals surface area contributed by atoms with Gasteiger partial charge < -0.3 is 15.0 Å². The number of benzene rings is 1. The first kappa shape index (κ1) is 15.4. The second-order valence-electron chi connectivity index (χ2n) is 5.83. The van der Waals surface area contributed by atoms with E-state index < -0.39 is 0 Å². The number of fused-ring (bicyclic) bond motifs is 1. The van der Waals surface area contributed by atoms with Crippen molar-refractivity contribution < 1.29 is 14.3 Å². The van der Waals surface area contributed by atoms with E-state index in [0.29, 0.717) is 13.2 Å². The largest absolute Gasteiger partial charge is 0.377 e. The fourth-order valence-corrected chi connectivity index (χ4v) is 4.09. The van der Waals surface area contributed by atoms with Crippen LogP contribution in [0.1, 0.15) is 20.3 Å². The molecule has 0 aliphatic carbocycles. The Kier molecular flexibility index (Phi) is 4.40. The van der Waals surface area contributed by atoms with Gasteiger partial charge in [0.2, 0.25) is 11.8 Å². The van der Waals surface area contributed by atoms with E-state index in [9.17, 15) is 9.59 Å². The van der Waals surface area contributed by atoms with Gasteiger partial charge in [0.15, 0.2) is 0 Å². The minimum atomic E-state index is -0.371. The molecule has 0 aromatic heterocycles. The lowest BCUT2D eigenvalue weighted by molar-refractivity contribution is -0.144. The standard InChI is InChI=1S/C16H20N2O3S/c1-10-8-21-9-11(2)18(10)15(19)7-14-16(20)17-12-5-3-4-6-13(12)22-14/h3-6,10-11,14H,7-9H2,1-2H3,(H,17,20). The summed E-state index contributed by atoms with van der Waals surface area (Å²) in [7, 11) is 0. The number of morpholine rings is 1.